The van der Waals surface area contributed by atoms with Crippen LogP contribution in [0.1, 0.15) is 58.3 Å². The van der Waals surface area contributed by atoms with Gasteiger partial charge in [0.1, 0.15) is 0 Å². The summed E-state index contributed by atoms with van der Waals surface area (Å²) in [5.41, 5.74) is 0.607. The van der Waals surface area contributed by atoms with E-state index in [1.165, 1.54) is 51.4 Å². The van der Waals surface area contributed by atoms with Gasteiger partial charge in [-0.05, 0) is 37.6 Å². The van der Waals surface area contributed by atoms with Gasteiger partial charge < -0.3 is 5.32 Å². The molecule has 1 atom stereocenters. The Bertz CT molecular complexity index is 178. The molecule has 2 aliphatic rings. The highest BCUT2D eigenvalue weighted by atomic mass is 14.9. The molecule has 0 bridgehead atoms. The van der Waals surface area contributed by atoms with Crippen LogP contribution in [0.15, 0.2) is 0 Å². The van der Waals surface area contributed by atoms with E-state index < -0.39 is 0 Å². The maximum absolute atomic E-state index is 3.58. The molecule has 1 nitrogen and oxygen atoms in total. The van der Waals surface area contributed by atoms with Crippen molar-refractivity contribution < 1.29 is 0 Å². The van der Waals surface area contributed by atoms with Crippen LogP contribution < -0.4 is 5.32 Å². The molecule has 0 saturated heterocycles. The Morgan fingerprint density at radius 1 is 1.21 bits per heavy atom. The summed E-state index contributed by atoms with van der Waals surface area (Å²) >= 11 is 0. The number of hydrogen-bond donors (Lipinski definition) is 1. The minimum atomic E-state index is 0.607. The lowest BCUT2D eigenvalue weighted by atomic mass is 9.69. The maximum Gasteiger partial charge on any atom is 0.0120 e. The molecule has 1 unspecified atom stereocenters. The Balaban J connectivity index is 1.92. The van der Waals surface area contributed by atoms with Crippen molar-refractivity contribution >= 4 is 0 Å². The van der Waals surface area contributed by atoms with E-state index in [9.17, 15) is 0 Å². The molecule has 0 heterocycles. The zero-order chi connectivity index (χ0) is 10.0. The van der Waals surface area contributed by atoms with E-state index in [1.807, 2.05) is 0 Å². The lowest BCUT2D eigenvalue weighted by molar-refractivity contribution is 0.139. The van der Waals surface area contributed by atoms with Crippen LogP contribution in [0.3, 0.4) is 0 Å². The van der Waals surface area contributed by atoms with E-state index in [-0.39, 0.29) is 0 Å². The summed E-state index contributed by atoms with van der Waals surface area (Å²) < 4.78 is 0. The van der Waals surface area contributed by atoms with Crippen molar-refractivity contribution in [2.24, 2.45) is 11.3 Å². The van der Waals surface area contributed by atoms with Crippen molar-refractivity contribution in [3.05, 3.63) is 0 Å². The highest BCUT2D eigenvalue weighted by Gasteiger charge is 2.37. The van der Waals surface area contributed by atoms with E-state index in [0.29, 0.717) is 5.41 Å². The summed E-state index contributed by atoms with van der Waals surface area (Å²) in [6.45, 7) is 2.51. The predicted molar refractivity (Wildman–Crippen MR) is 61.4 cm³/mol. The molecule has 82 valence electrons. The van der Waals surface area contributed by atoms with Crippen LogP contribution in [0, 0.1) is 11.3 Å². The van der Waals surface area contributed by atoms with Crippen molar-refractivity contribution in [1.82, 2.24) is 5.32 Å². The molecule has 0 spiro atoms. The molecule has 1 N–H and O–H groups in total. The molecule has 0 amide bonds. The molecule has 0 radical (unpaired) electrons. The van der Waals surface area contributed by atoms with E-state index in [0.717, 1.165) is 12.0 Å². The predicted octanol–water partition coefficient (Wildman–Crippen LogP) is 3.34. The second kappa shape index (κ2) is 4.22. The van der Waals surface area contributed by atoms with Gasteiger partial charge in [-0.3, -0.25) is 0 Å². The van der Waals surface area contributed by atoms with Gasteiger partial charge in [-0.2, -0.15) is 0 Å². The number of nitrogens with one attached hydrogen (secondary N) is 1. The van der Waals surface area contributed by atoms with E-state index in [4.69, 9.17) is 0 Å². The van der Waals surface area contributed by atoms with Crippen molar-refractivity contribution in [1.29, 1.82) is 0 Å². The van der Waals surface area contributed by atoms with Gasteiger partial charge in [0.2, 0.25) is 0 Å². The van der Waals surface area contributed by atoms with E-state index in [1.54, 1.807) is 0 Å². The topological polar surface area (TPSA) is 12.0 Å². The first-order valence-corrected chi connectivity index (χ1v) is 6.42. The molecule has 0 aromatic heterocycles. The highest BCUT2D eigenvalue weighted by Crippen LogP contribution is 2.44. The largest absolute Gasteiger partial charge is 0.316 e. The standard InChI is InChI=1S/C13H25N/c1-13(8-4-3-5-9-13)12(14-2)10-11-6-7-11/h11-12,14H,3-10H2,1-2H3. The first-order valence-electron chi connectivity index (χ1n) is 6.42. The first kappa shape index (κ1) is 10.5. The SMILES string of the molecule is CNC(CC1CC1)C1(C)CCCCC1. The monoisotopic (exact) mass is 195 g/mol. The van der Waals surface area contributed by atoms with Gasteiger partial charge in [0.25, 0.3) is 0 Å². The average molecular weight is 195 g/mol. The van der Waals surface area contributed by atoms with Crippen molar-refractivity contribution in [3.63, 3.8) is 0 Å². The third-order valence-corrected chi connectivity index (χ3v) is 4.45. The van der Waals surface area contributed by atoms with Crippen LogP contribution in [0.4, 0.5) is 0 Å². The third kappa shape index (κ3) is 2.31. The van der Waals surface area contributed by atoms with E-state index in [2.05, 4.69) is 19.3 Å². The normalized spacial score (nSPS) is 28.7. The Hall–Kier alpha value is -0.0400. The molecule has 2 aliphatic carbocycles. The molecule has 0 aromatic carbocycles. The highest BCUT2D eigenvalue weighted by molar-refractivity contribution is 4.92. The van der Waals surface area contributed by atoms with Gasteiger partial charge in [-0.15, -0.1) is 0 Å². The molecular weight excluding hydrogens is 170 g/mol. The summed E-state index contributed by atoms with van der Waals surface area (Å²) in [4.78, 5) is 0. The van der Waals surface area contributed by atoms with Crippen LogP contribution in [-0.2, 0) is 0 Å². The maximum atomic E-state index is 3.58. The van der Waals surface area contributed by atoms with Gasteiger partial charge in [0.15, 0.2) is 0 Å². The van der Waals surface area contributed by atoms with Gasteiger partial charge in [-0.1, -0.05) is 39.0 Å². The molecule has 0 aliphatic heterocycles. The van der Waals surface area contributed by atoms with Gasteiger partial charge >= 0.3 is 0 Å². The fourth-order valence-corrected chi connectivity index (χ4v) is 3.15. The van der Waals surface area contributed by atoms with Crippen LogP contribution in [0.25, 0.3) is 0 Å². The quantitative estimate of drug-likeness (QED) is 0.725. The molecular formula is C13H25N. The molecule has 0 aromatic rings. The van der Waals surface area contributed by atoms with Crippen LogP contribution in [0.2, 0.25) is 0 Å². The summed E-state index contributed by atoms with van der Waals surface area (Å²) in [5.74, 6) is 1.06. The van der Waals surface area contributed by atoms with Crippen LogP contribution >= 0.6 is 0 Å². The van der Waals surface area contributed by atoms with Crippen LogP contribution in [0.5, 0.6) is 0 Å². The summed E-state index contributed by atoms with van der Waals surface area (Å²) in [7, 11) is 2.16. The lowest BCUT2D eigenvalue weighted by Crippen LogP contribution is -2.43. The zero-order valence-electron chi connectivity index (χ0n) is 9.81. The van der Waals surface area contributed by atoms with Crippen molar-refractivity contribution in [2.45, 2.75) is 64.3 Å². The number of rotatable bonds is 4. The van der Waals surface area contributed by atoms with Gasteiger partial charge in [0, 0.05) is 6.04 Å². The summed E-state index contributed by atoms with van der Waals surface area (Å²) in [5, 5.41) is 3.58. The average Bonchev–Trinajstić information content (AvgIpc) is 2.98. The smallest absolute Gasteiger partial charge is 0.0120 e. The minimum Gasteiger partial charge on any atom is -0.316 e. The van der Waals surface area contributed by atoms with Crippen LogP contribution in [-0.4, -0.2) is 13.1 Å². The molecule has 2 rings (SSSR count). The molecule has 2 saturated carbocycles. The number of hydrogen-bond acceptors (Lipinski definition) is 1. The van der Waals surface area contributed by atoms with Gasteiger partial charge in [0.05, 0.1) is 0 Å². The second-order valence-corrected chi connectivity index (χ2v) is 5.74. The summed E-state index contributed by atoms with van der Waals surface area (Å²) in [6.07, 6.45) is 11.7. The Labute approximate surface area is 88.7 Å². The molecule has 2 fully saturated rings. The van der Waals surface area contributed by atoms with Crippen molar-refractivity contribution in [3.8, 4) is 0 Å². The van der Waals surface area contributed by atoms with Gasteiger partial charge in [-0.25, -0.2) is 0 Å². The second-order valence-electron chi connectivity index (χ2n) is 5.74. The molecule has 14 heavy (non-hydrogen) atoms. The Morgan fingerprint density at radius 2 is 1.86 bits per heavy atom. The zero-order valence-corrected chi connectivity index (χ0v) is 9.81. The van der Waals surface area contributed by atoms with E-state index >= 15 is 0 Å². The third-order valence-electron chi connectivity index (χ3n) is 4.45. The fourth-order valence-electron chi connectivity index (χ4n) is 3.15. The Kier molecular flexibility index (Phi) is 3.16. The van der Waals surface area contributed by atoms with Crippen molar-refractivity contribution in [2.75, 3.05) is 7.05 Å². The summed E-state index contributed by atoms with van der Waals surface area (Å²) in [6, 6.07) is 0.787. The Morgan fingerprint density at radius 3 is 2.36 bits per heavy atom. The lowest BCUT2D eigenvalue weighted by Gasteiger charge is -2.41. The minimum absolute atomic E-state index is 0.607. The fraction of sp³-hybridized carbons (Fsp3) is 1.00. The first-order chi connectivity index (χ1) is 6.74. The molecule has 1 heteroatoms.